The van der Waals surface area contributed by atoms with Crippen molar-refractivity contribution in [2.75, 3.05) is 5.73 Å². The van der Waals surface area contributed by atoms with Gasteiger partial charge in [-0.15, -0.1) is 0 Å². The summed E-state index contributed by atoms with van der Waals surface area (Å²) in [5, 5.41) is 9.32. The largest absolute Gasteiger partial charge is 0.481 e. The SMILES string of the molecule is Nc1cc(C2(C(=O)O)CCCC2)[nH]c(=O)n1. The number of hydrogen-bond donors (Lipinski definition) is 3. The average molecular weight is 223 g/mol. The number of rotatable bonds is 2. The quantitative estimate of drug-likeness (QED) is 0.665. The van der Waals surface area contributed by atoms with Gasteiger partial charge in [-0.2, -0.15) is 4.98 Å². The lowest BCUT2D eigenvalue weighted by Crippen LogP contribution is -2.35. The van der Waals surface area contributed by atoms with Gasteiger partial charge in [-0.05, 0) is 12.8 Å². The van der Waals surface area contributed by atoms with Crippen LogP contribution < -0.4 is 11.4 Å². The monoisotopic (exact) mass is 223 g/mol. The fourth-order valence-electron chi connectivity index (χ4n) is 2.31. The molecule has 1 aromatic heterocycles. The molecule has 16 heavy (non-hydrogen) atoms. The smallest absolute Gasteiger partial charge is 0.347 e. The van der Waals surface area contributed by atoms with Crippen molar-refractivity contribution in [2.24, 2.45) is 0 Å². The van der Waals surface area contributed by atoms with Gasteiger partial charge in [0.1, 0.15) is 11.2 Å². The van der Waals surface area contributed by atoms with Crippen LogP contribution in [0.4, 0.5) is 5.82 Å². The van der Waals surface area contributed by atoms with E-state index in [9.17, 15) is 14.7 Å². The van der Waals surface area contributed by atoms with Gasteiger partial charge in [-0.3, -0.25) is 4.79 Å². The molecule has 0 radical (unpaired) electrons. The van der Waals surface area contributed by atoms with E-state index in [1.807, 2.05) is 0 Å². The van der Waals surface area contributed by atoms with Crippen LogP contribution in [-0.4, -0.2) is 21.0 Å². The van der Waals surface area contributed by atoms with Gasteiger partial charge in [0.05, 0.1) is 0 Å². The van der Waals surface area contributed by atoms with E-state index in [0.717, 1.165) is 12.8 Å². The molecule has 2 rings (SSSR count). The van der Waals surface area contributed by atoms with E-state index < -0.39 is 17.1 Å². The molecule has 1 aliphatic carbocycles. The third-order valence-electron chi connectivity index (χ3n) is 3.15. The summed E-state index contributed by atoms with van der Waals surface area (Å²) >= 11 is 0. The second kappa shape index (κ2) is 3.62. The summed E-state index contributed by atoms with van der Waals surface area (Å²) in [6, 6.07) is 1.45. The number of carboxylic acids is 1. The average Bonchev–Trinajstić information content (AvgIpc) is 2.65. The molecule has 0 aromatic carbocycles. The van der Waals surface area contributed by atoms with E-state index in [1.54, 1.807) is 0 Å². The third-order valence-corrected chi connectivity index (χ3v) is 3.15. The Morgan fingerprint density at radius 2 is 2.12 bits per heavy atom. The van der Waals surface area contributed by atoms with Crippen LogP contribution in [0, 0.1) is 0 Å². The number of carbonyl (C=O) groups is 1. The summed E-state index contributed by atoms with van der Waals surface area (Å²) in [7, 11) is 0. The maximum Gasteiger partial charge on any atom is 0.347 e. The molecule has 0 spiro atoms. The molecule has 6 nitrogen and oxygen atoms in total. The molecule has 86 valence electrons. The topological polar surface area (TPSA) is 109 Å². The van der Waals surface area contributed by atoms with Crippen molar-refractivity contribution in [3.05, 3.63) is 22.2 Å². The van der Waals surface area contributed by atoms with Gasteiger partial charge in [0.2, 0.25) is 0 Å². The molecular formula is C10H13N3O3. The number of aromatic nitrogens is 2. The van der Waals surface area contributed by atoms with Crippen LogP contribution in [0.3, 0.4) is 0 Å². The summed E-state index contributed by atoms with van der Waals surface area (Å²) in [5.41, 5.74) is 4.25. The lowest BCUT2D eigenvalue weighted by Gasteiger charge is -2.23. The molecular weight excluding hydrogens is 210 g/mol. The summed E-state index contributed by atoms with van der Waals surface area (Å²) in [5.74, 6) is -0.850. The number of aliphatic carboxylic acids is 1. The van der Waals surface area contributed by atoms with Crippen molar-refractivity contribution in [1.82, 2.24) is 9.97 Å². The third kappa shape index (κ3) is 1.56. The first-order valence-corrected chi connectivity index (χ1v) is 5.15. The second-order valence-corrected chi connectivity index (χ2v) is 4.12. The number of anilines is 1. The molecule has 6 heteroatoms. The fourth-order valence-corrected chi connectivity index (χ4v) is 2.31. The molecule has 0 unspecified atom stereocenters. The minimum Gasteiger partial charge on any atom is -0.481 e. The van der Waals surface area contributed by atoms with Crippen LogP contribution >= 0.6 is 0 Å². The van der Waals surface area contributed by atoms with Crippen LogP contribution in [0.1, 0.15) is 31.4 Å². The van der Waals surface area contributed by atoms with Crippen molar-refractivity contribution >= 4 is 11.8 Å². The van der Waals surface area contributed by atoms with Crippen molar-refractivity contribution in [1.29, 1.82) is 0 Å². The molecule has 1 aliphatic rings. The Morgan fingerprint density at radius 1 is 1.50 bits per heavy atom. The maximum atomic E-state index is 11.4. The zero-order valence-electron chi connectivity index (χ0n) is 8.69. The van der Waals surface area contributed by atoms with E-state index in [0.29, 0.717) is 18.5 Å². The van der Waals surface area contributed by atoms with Crippen LogP contribution in [0.15, 0.2) is 10.9 Å². The van der Waals surface area contributed by atoms with Gasteiger partial charge < -0.3 is 15.8 Å². The van der Waals surface area contributed by atoms with Crippen molar-refractivity contribution < 1.29 is 9.90 Å². The summed E-state index contributed by atoms with van der Waals surface area (Å²) < 4.78 is 0. The second-order valence-electron chi connectivity index (χ2n) is 4.12. The van der Waals surface area contributed by atoms with Gasteiger partial charge >= 0.3 is 11.7 Å². The molecule has 4 N–H and O–H groups in total. The molecule has 0 saturated heterocycles. The predicted octanol–water partition coefficient (Wildman–Crippen LogP) is 0.248. The molecule has 0 atom stereocenters. The van der Waals surface area contributed by atoms with E-state index in [1.165, 1.54) is 6.07 Å². The Labute approximate surface area is 91.5 Å². The summed E-state index contributed by atoms with van der Waals surface area (Å²) in [6.07, 6.45) is 2.75. The van der Waals surface area contributed by atoms with Gasteiger partial charge in [0, 0.05) is 11.8 Å². The fraction of sp³-hybridized carbons (Fsp3) is 0.500. The zero-order chi connectivity index (χ0) is 11.8. The maximum absolute atomic E-state index is 11.4. The molecule has 1 fully saturated rings. The number of nitrogens with two attached hydrogens (primary N) is 1. The normalized spacial score (nSPS) is 18.5. The van der Waals surface area contributed by atoms with Gasteiger partial charge in [-0.1, -0.05) is 12.8 Å². The van der Waals surface area contributed by atoms with Gasteiger partial charge in [-0.25, -0.2) is 4.79 Å². The van der Waals surface area contributed by atoms with Crippen molar-refractivity contribution in [3.8, 4) is 0 Å². The van der Waals surface area contributed by atoms with Crippen LogP contribution in [0.25, 0.3) is 0 Å². The highest BCUT2D eigenvalue weighted by Crippen LogP contribution is 2.40. The van der Waals surface area contributed by atoms with Crippen LogP contribution in [-0.2, 0) is 10.2 Å². The zero-order valence-corrected chi connectivity index (χ0v) is 8.69. The Bertz CT molecular complexity index is 474. The van der Waals surface area contributed by atoms with Crippen LogP contribution in [0.5, 0.6) is 0 Å². The highest BCUT2D eigenvalue weighted by Gasteiger charge is 2.44. The highest BCUT2D eigenvalue weighted by atomic mass is 16.4. The standard InChI is InChI=1S/C10H13N3O3/c11-7-5-6(12-9(16)13-7)10(8(14)15)3-1-2-4-10/h5H,1-4H2,(H,14,15)(H3,11,12,13,16). The van der Waals surface area contributed by atoms with E-state index in [-0.39, 0.29) is 5.82 Å². The molecule has 1 heterocycles. The first-order valence-electron chi connectivity index (χ1n) is 5.15. The number of carboxylic acid groups (broad SMARTS) is 1. The first kappa shape index (κ1) is 10.7. The lowest BCUT2D eigenvalue weighted by atomic mass is 9.82. The molecule has 1 aromatic rings. The lowest BCUT2D eigenvalue weighted by molar-refractivity contribution is -0.143. The summed E-state index contributed by atoms with van der Waals surface area (Å²) in [6.45, 7) is 0. The predicted molar refractivity (Wildman–Crippen MR) is 57.1 cm³/mol. The number of nitrogen functional groups attached to an aromatic ring is 1. The van der Waals surface area contributed by atoms with E-state index >= 15 is 0 Å². The Kier molecular flexibility index (Phi) is 2.41. The Morgan fingerprint density at radius 3 is 2.62 bits per heavy atom. The van der Waals surface area contributed by atoms with Gasteiger partial charge in [0.15, 0.2) is 0 Å². The highest BCUT2D eigenvalue weighted by molar-refractivity contribution is 5.81. The molecule has 0 amide bonds. The minimum absolute atomic E-state index is 0.0614. The number of nitrogens with zero attached hydrogens (tertiary/aromatic N) is 1. The minimum atomic E-state index is -0.990. The van der Waals surface area contributed by atoms with Crippen molar-refractivity contribution in [3.63, 3.8) is 0 Å². The van der Waals surface area contributed by atoms with Crippen LogP contribution in [0.2, 0.25) is 0 Å². The first-order chi connectivity index (χ1) is 7.54. The molecule has 0 bridgehead atoms. The number of aromatic amines is 1. The number of H-pyrrole nitrogens is 1. The molecule has 1 saturated carbocycles. The molecule has 0 aliphatic heterocycles. The van der Waals surface area contributed by atoms with E-state index in [2.05, 4.69) is 9.97 Å². The van der Waals surface area contributed by atoms with Crippen molar-refractivity contribution in [2.45, 2.75) is 31.1 Å². The number of hydrogen-bond acceptors (Lipinski definition) is 4. The Balaban J connectivity index is 2.55. The Hall–Kier alpha value is -1.85. The van der Waals surface area contributed by atoms with E-state index in [4.69, 9.17) is 5.73 Å². The van der Waals surface area contributed by atoms with Gasteiger partial charge in [0.25, 0.3) is 0 Å². The number of nitrogens with one attached hydrogen (secondary N) is 1. The summed E-state index contributed by atoms with van der Waals surface area (Å²) in [4.78, 5) is 28.5.